The van der Waals surface area contributed by atoms with Crippen LogP contribution in [0.5, 0.6) is 0 Å². The lowest BCUT2D eigenvalue weighted by atomic mass is 9.96. The Morgan fingerprint density at radius 1 is 1.12 bits per heavy atom. The molecule has 4 aromatic rings. The van der Waals surface area contributed by atoms with Crippen molar-refractivity contribution in [3.8, 4) is 0 Å². The fraction of sp³-hybridized carbons (Fsp3) is 0.300. The first kappa shape index (κ1) is 28.7. The van der Waals surface area contributed by atoms with Crippen LogP contribution >= 0.6 is 11.6 Å². The standard InChI is InChI=1S/C30H31ClN4O6/c1-30(37)25(40-17-20-11-7-4-8-12-20)22(18-39-16-19-9-5-3-6-10-19)41-28(30)35-15-21(13-14-23(36)38-2)24-26(32)33-29(31)34-27(24)35/h3-15,22,25,28,37H,16-18H2,1-2H3,(H2,32,33,34)/b14-13-/t22-,25-,28?,30-/m1/s1. The number of fused-ring (bicyclic) bond motifs is 1. The van der Waals surface area contributed by atoms with Gasteiger partial charge in [-0.3, -0.25) is 0 Å². The summed E-state index contributed by atoms with van der Waals surface area (Å²) in [6.07, 6.45) is 2.08. The molecule has 1 aliphatic rings. The van der Waals surface area contributed by atoms with Gasteiger partial charge >= 0.3 is 5.97 Å². The van der Waals surface area contributed by atoms with E-state index in [4.69, 9.17) is 36.3 Å². The molecule has 2 aromatic carbocycles. The maximum absolute atomic E-state index is 12.0. The van der Waals surface area contributed by atoms with Gasteiger partial charge in [-0.1, -0.05) is 60.7 Å². The smallest absolute Gasteiger partial charge is 0.330 e. The van der Waals surface area contributed by atoms with Gasteiger partial charge in [-0.05, 0) is 35.7 Å². The summed E-state index contributed by atoms with van der Waals surface area (Å²) in [6, 6.07) is 19.5. The number of carbonyl (C=O) groups is 1. The number of benzene rings is 2. The molecule has 0 spiro atoms. The number of nitrogen functional groups attached to an aromatic ring is 1. The molecule has 0 radical (unpaired) electrons. The Kier molecular flexibility index (Phi) is 8.67. The van der Waals surface area contributed by atoms with Crippen LogP contribution in [0.2, 0.25) is 5.28 Å². The second-order valence-corrected chi connectivity index (χ2v) is 10.2. The summed E-state index contributed by atoms with van der Waals surface area (Å²) in [5.74, 6) is -0.436. The largest absolute Gasteiger partial charge is 0.466 e. The van der Waals surface area contributed by atoms with Crippen LogP contribution in [0.15, 0.2) is 72.9 Å². The van der Waals surface area contributed by atoms with Gasteiger partial charge in [0, 0.05) is 17.8 Å². The molecule has 41 heavy (non-hydrogen) atoms. The number of carbonyl (C=O) groups excluding carboxylic acids is 1. The van der Waals surface area contributed by atoms with Crippen molar-refractivity contribution < 1.29 is 28.8 Å². The summed E-state index contributed by atoms with van der Waals surface area (Å²) in [4.78, 5) is 20.3. The third kappa shape index (κ3) is 6.27. The van der Waals surface area contributed by atoms with E-state index in [1.54, 1.807) is 17.7 Å². The van der Waals surface area contributed by atoms with E-state index in [0.29, 0.717) is 23.2 Å². The number of aromatic nitrogens is 3. The third-order valence-electron chi connectivity index (χ3n) is 6.94. The van der Waals surface area contributed by atoms with E-state index in [1.807, 2.05) is 60.7 Å². The van der Waals surface area contributed by atoms with E-state index >= 15 is 0 Å². The Labute approximate surface area is 242 Å². The molecule has 5 rings (SSSR count). The third-order valence-corrected chi connectivity index (χ3v) is 7.11. The van der Waals surface area contributed by atoms with Crippen molar-refractivity contribution in [2.75, 3.05) is 19.5 Å². The zero-order valence-corrected chi connectivity index (χ0v) is 23.4. The maximum atomic E-state index is 12.0. The Bertz CT molecular complexity index is 1530. The molecule has 1 fully saturated rings. The number of esters is 1. The average Bonchev–Trinajstić information content (AvgIpc) is 3.44. The number of methoxy groups -OCH3 is 1. The van der Waals surface area contributed by atoms with Gasteiger partial charge in [-0.15, -0.1) is 0 Å². The molecule has 0 aliphatic carbocycles. The molecule has 1 unspecified atom stereocenters. The summed E-state index contributed by atoms with van der Waals surface area (Å²) in [5.41, 5.74) is 7.47. The zero-order valence-electron chi connectivity index (χ0n) is 22.6. The normalized spacial score (nSPS) is 22.5. The first-order chi connectivity index (χ1) is 19.8. The van der Waals surface area contributed by atoms with Crippen molar-refractivity contribution in [3.63, 3.8) is 0 Å². The number of hydrogen-bond donors (Lipinski definition) is 2. The SMILES string of the molecule is COC(=O)/C=C\c1cn(C2O[C@H](COCc3ccccc3)[C@@H](OCc3ccccc3)[C@@]2(C)O)c2nc(Cl)nc(N)c12. The molecule has 10 nitrogen and oxygen atoms in total. The maximum Gasteiger partial charge on any atom is 0.330 e. The minimum absolute atomic E-state index is 0.0740. The average molecular weight is 579 g/mol. The second-order valence-electron chi connectivity index (χ2n) is 9.90. The monoisotopic (exact) mass is 578 g/mol. The fourth-order valence-corrected chi connectivity index (χ4v) is 5.15. The number of aliphatic hydroxyl groups is 1. The van der Waals surface area contributed by atoms with Gasteiger partial charge in [0.2, 0.25) is 5.28 Å². The van der Waals surface area contributed by atoms with Crippen LogP contribution in [-0.2, 0) is 37.0 Å². The van der Waals surface area contributed by atoms with Crippen LogP contribution in [-0.4, -0.2) is 57.1 Å². The van der Waals surface area contributed by atoms with Gasteiger partial charge in [-0.2, -0.15) is 4.98 Å². The molecule has 2 aromatic heterocycles. The minimum atomic E-state index is -1.54. The van der Waals surface area contributed by atoms with Crippen molar-refractivity contribution in [1.29, 1.82) is 0 Å². The molecule has 3 N–H and O–H groups in total. The zero-order chi connectivity index (χ0) is 29.0. The molecule has 4 atom stereocenters. The van der Waals surface area contributed by atoms with Crippen molar-refractivity contribution in [3.05, 3.63) is 94.9 Å². The Morgan fingerprint density at radius 3 is 2.44 bits per heavy atom. The minimum Gasteiger partial charge on any atom is -0.466 e. The first-order valence-electron chi connectivity index (χ1n) is 13.0. The number of hydrogen-bond acceptors (Lipinski definition) is 9. The topological polar surface area (TPSA) is 131 Å². The summed E-state index contributed by atoms with van der Waals surface area (Å²) in [5, 5.41) is 12.3. The van der Waals surface area contributed by atoms with Gasteiger partial charge in [0.25, 0.3) is 0 Å². The fourth-order valence-electron chi connectivity index (χ4n) is 4.98. The van der Waals surface area contributed by atoms with Gasteiger partial charge in [0.15, 0.2) is 6.23 Å². The van der Waals surface area contributed by atoms with E-state index in [2.05, 4.69) is 9.97 Å². The van der Waals surface area contributed by atoms with Crippen molar-refractivity contribution in [1.82, 2.24) is 14.5 Å². The number of nitrogens with two attached hydrogens (primary N) is 1. The molecule has 214 valence electrons. The Morgan fingerprint density at radius 2 is 1.78 bits per heavy atom. The molecule has 0 bridgehead atoms. The number of rotatable bonds is 10. The van der Waals surface area contributed by atoms with Crippen LogP contribution in [0.4, 0.5) is 5.82 Å². The highest BCUT2D eigenvalue weighted by atomic mass is 35.5. The van der Waals surface area contributed by atoms with Crippen LogP contribution in [0, 0.1) is 0 Å². The highest BCUT2D eigenvalue weighted by Gasteiger charge is 2.55. The Balaban J connectivity index is 1.49. The number of anilines is 1. The van der Waals surface area contributed by atoms with Gasteiger partial charge in [-0.25, -0.2) is 9.78 Å². The van der Waals surface area contributed by atoms with Gasteiger partial charge in [0.05, 0.1) is 32.3 Å². The van der Waals surface area contributed by atoms with Crippen LogP contribution < -0.4 is 5.73 Å². The molecular weight excluding hydrogens is 548 g/mol. The molecule has 0 saturated carbocycles. The lowest BCUT2D eigenvalue weighted by molar-refractivity contribution is -0.134. The van der Waals surface area contributed by atoms with Crippen LogP contribution in [0.25, 0.3) is 17.1 Å². The highest BCUT2D eigenvalue weighted by Crippen LogP contribution is 2.43. The van der Waals surface area contributed by atoms with Gasteiger partial charge in [0.1, 0.15) is 29.3 Å². The van der Waals surface area contributed by atoms with Crippen molar-refractivity contribution in [2.45, 2.75) is 44.2 Å². The van der Waals surface area contributed by atoms with Crippen LogP contribution in [0.1, 0.15) is 29.8 Å². The first-order valence-corrected chi connectivity index (χ1v) is 13.4. The molecule has 0 amide bonds. The van der Waals surface area contributed by atoms with Gasteiger partial charge < -0.3 is 34.4 Å². The summed E-state index contributed by atoms with van der Waals surface area (Å²) >= 11 is 6.18. The highest BCUT2D eigenvalue weighted by molar-refractivity contribution is 6.28. The molecule has 3 heterocycles. The van der Waals surface area contributed by atoms with Crippen molar-refractivity contribution >= 4 is 40.5 Å². The molecule has 1 saturated heterocycles. The summed E-state index contributed by atoms with van der Waals surface area (Å²) < 4.78 is 25.1. The predicted octanol–water partition coefficient (Wildman–Crippen LogP) is 4.30. The number of ether oxygens (including phenoxy) is 4. The molecule has 1 aliphatic heterocycles. The summed E-state index contributed by atoms with van der Waals surface area (Å²) in [6.45, 7) is 2.43. The summed E-state index contributed by atoms with van der Waals surface area (Å²) in [7, 11) is 1.28. The quantitative estimate of drug-likeness (QED) is 0.161. The Hall–Kier alpha value is -3.80. The molecular formula is C30H31ClN4O6. The van der Waals surface area contributed by atoms with E-state index in [0.717, 1.165) is 11.1 Å². The van der Waals surface area contributed by atoms with E-state index in [9.17, 15) is 9.90 Å². The van der Waals surface area contributed by atoms with E-state index in [-0.39, 0.29) is 24.3 Å². The lowest BCUT2D eigenvalue weighted by Gasteiger charge is -2.30. The number of nitrogens with zero attached hydrogens (tertiary/aromatic N) is 3. The van der Waals surface area contributed by atoms with E-state index in [1.165, 1.54) is 19.3 Å². The van der Waals surface area contributed by atoms with E-state index < -0.39 is 30.0 Å². The van der Waals surface area contributed by atoms with Crippen molar-refractivity contribution in [2.24, 2.45) is 0 Å². The second kappa shape index (κ2) is 12.4. The molecule has 11 heteroatoms. The predicted molar refractivity (Wildman–Crippen MR) is 154 cm³/mol. The van der Waals surface area contributed by atoms with Crippen LogP contribution in [0.3, 0.4) is 0 Å². The lowest BCUT2D eigenvalue weighted by Crippen LogP contribution is -2.46. The number of halogens is 1.